The molecule has 0 unspecified atom stereocenters. The van der Waals surface area contributed by atoms with Crippen molar-refractivity contribution in [3.05, 3.63) is 23.2 Å². The van der Waals surface area contributed by atoms with Crippen molar-refractivity contribution in [2.45, 2.75) is 32.1 Å². The van der Waals surface area contributed by atoms with Crippen molar-refractivity contribution in [1.29, 1.82) is 0 Å². The standard InChI is InChI=1S/C17H27ClN4O.HI/c1-23-16-8-7-14(13-15(16)18)21-17(19)20-9-6-12-22-10-4-2-3-5-11-22;/h7-8,13H,2-6,9-12H2,1H3,(H3,19,20,21);1H. The third-order valence-electron chi connectivity index (χ3n) is 4.04. The van der Waals surface area contributed by atoms with E-state index in [4.69, 9.17) is 22.1 Å². The Hall–Kier alpha value is -0.730. The fraction of sp³-hybridized carbons (Fsp3) is 0.588. The molecule has 3 N–H and O–H groups in total. The first-order valence-corrected chi connectivity index (χ1v) is 8.69. The number of methoxy groups -OCH3 is 1. The molecule has 136 valence electrons. The van der Waals surface area contributed by atoms with Crippen LogP contribution in [0.3, 0.4) is 0 Å². The Kier molecular flexibility index (Phi) is 10.4. The number of hydrogen-bond donors (Lipinski definition) is 2. The fourth-order valence-electron chi connectivity index (χ4n) is 2.79. The summed E-state index contributed by atoms with van der Waals surface area (Å²) in [5.41, 5.74) is 6.73. The van der Waals surface area contributed by atoms with Gasteiger partial charge in [-0.2, -0.15) is 0 Å². The number of halogens is 2. The molecule has 0 atom stereocenters. The van der Waals surface area contributed by atoms with Crippen LogP contribution in [-0.2, 0) is 0 Å². The Labute approximate surface area is 167 Å². The third kappa shape index (κ3) is 7.44. The lowest BCUT2D eigenvalue weighted by Gasteiger charge is -2.18. The van der Waals surface area contributed by atoms with Crippen molar-refractivity contribution in [1.82, 2.24) is 4.90 Å². The second-order valence-electron chi connectivity index (χ2n) is 5.85. The van der Waals surface area contributed by atoms with Crippen molar-refractivity contribution < 1.29 is 4.74 Å². The predicted octanol–water partition coefficient (Wildman–Crippen LogP) is 3.96. The summed E-state index contributed by atoms with van der Waals surface area (Å²) in [4.78, 5) is 6.92. The largest absolute Gasteiger partial charge is 0.495 e. The Morgan fingerprint density at radius 2 is 2.00 bits per heavy atom. The summed E-state index contributed by atoms with van der Waals surface area (Å²) < 4.78 is 5.13. The maximum atomic E-state index is 6.09. The molecule has 1 aliphatic heterocycles. The van der Waals surface area contributed by atoms with Crippen LogP contribution in [0.1, 0.15) is 32.1 Å². The first-order chi connectivity index (χ1) is 11.2. The summed E-state index contributed by atoms with van der Waals surface area (Å²) in [6.07, 6.45) is 6.42. The van der Waals surface area contributed by atoms with Gasteiger partial charge in [0.1, 0.15) is 5.75 Å². The molecule has 5 nitrogen and oxygen atoms in total. The van der Waals surface area contributed by atoms with Gasteiger partial charge in [-0.25, -0.2) is 0 Å². The smallest absolute Gasteiger partial charge is 0.193 e. The second kappa shape index (κ2) is 11.8. The van der Waals surface area contributed by atoms with E-state index in [2.05, 4.69) is 15.2 Å². The van der Waals surface area contributed by atoms with Gasteiger partial charge in [0.25, 0.3) is 0 Å². The van der Waals surface area contributed by atoms with Crippen LogP contribution in [0.25, 0.3) is 0 Å². The third-order valence-corrected chi connectivity index (χ3v) is 4.33. The van der Waals surface area contributed by atoms with Crippen molar-refractivity contribution in [2.24, 2.45) is 10.7 Å². The number of guanidine groups is 1. The number of nitrogens with zero attached hydrogens (tertiary/aromatic N) is 2. The van der Waals surface area contributed by atoms with Gasteiger partial charge in [-0.05, 0) is 57.1 Å². The van der Waals surface area contributed by atoms with E-state index in [0.717, 1.165) is 25.2 Å². The quantitative estimate of drug-likeness (QED) is 0.288. The lowest BCUT2D eigenvalue weighted by atomic mass is 10.2. The number of likely N-dealkylation sites (tertiary alicyclic amines) is 1. The molecule has 0 amide bonds. The maximum Gasteiger partial charge on any atom is 0.193 e. The van der Waals surface area contributed by atoms with Crippen LogP contribution < -0.4 is 15.8 Å². The summed E-state index contributed by atoms with van der Waals surface area (Å²) in [5, 5.41) is 3.60. The van der Waals surface area contributed by atoms with E-state index in [1.54, 1.807) is 19.2 Å². The molecule has 1 aliphatic rings. The molecule has 2 rings (SSSR count). The van der Waals surface area contributed by atoms with E-state index in [0.29, 0.717) is 16.7 Å². The molecular weight excluding hydrogens is 439 g/mol. The van der Waals surface area contributed by atoms with Gasteiger partial charge in [0.2, 0.25) is 0 Å². The Morgan fingerprint density at radius 3 is 2.62 bits per heavy atom. The molecule has 1 fully saturated rings. The Bertz CT molecular complexity index is 519. The molecule has 1 heterocycles. The summed E-state index contributed by atoms with van der Waals surface area (Å²) in [6, 6.07) is 5.45. The van der Waals surface area contributed by atoms with E-state index in [1.165, 1.54) is 38.8 Å². The maximum absolute atomic E-state index is 6.09. The monoisotopic (exact) mass is 466 g/mol. The summed E-state index contributed by atoms with van der Waals surface area (Å²) in [6.45, 7) is 4.29. The number of anilines is 1. The fourth-order valence-corrected chi connectivity index (χ4v) is 3.04. The number of aliphatic imine (C=N–C) groups is 1. The van der Waals surface area contributed by atoms with Crippen LogP contribution in [0.4, 0.5) is 5.69 Å². The highest BCUT2D eigenvalue weighted by molar-refractivity contribution is 14.0. The molecule has 0 aromatic heterocycles. The van der Waals surface area contributed by atoms with Crippen LogP contribution in [-0.4, -0.2) is 44.1 Å². The Morgan fingerprint density at radius 1 is 1.29 bits per heavy atom. The van der Waals surface area contributed by atoms with E-state index >= 15 is 0 Å². The number of rotatable bonds is 6. The number of nitrogens with two attached hydrogens (primary N) is 1. The van der Waals surface area contributed by atoms with Gasteiger partial charge in [-0.15, -0.1) is 24.0 Å². The highest BCUT2D eigenvalue weighted by Crippen LogP contribution is 2.26. The summed E-state index contributed by atoms with van der Waals surface area (Å²) in [5.74, 6) is 1.06. The number of benzene rings is 1. The van der Waals surface area contributed by atoms with Crippen molar-refractivity contribution in [3.63, 3.8) is 0 Å². The predicted molar refractivity (Wildman–Crippen MR) is 113 cm³/mol. The number of ether oxygens (including phenoxy) is 1. The highest BCUT2D eigenvalue weighted by Gasteiger charge is 2.08. The molecule has 0 saturated carbocycles. The molecule has 1 aromatic rings. The zero-order chi connectivity index (χ0) is 16.5. The van der Waals surface area contributed by atoms with Crippen LogP contribution in [0.2, 0.25) is 5.02 Å². The minimum absolute atomic E-state index is 0. The van der Waals surface area contributed by atoms with Gasteiger partial charge < -0.3 is 20.7 Å². The normalized spacial score (nSPS) is 16.2. The highest BCUT2D eigenvalue weighted by atomic mass is 127. The van der Waals surface area contributed by atoms with Gasteiger partial charge in [0.15, 0.2) is 5.96 Å². The number of hydrogen-bond acceptors (Lipinski definition) is 3. The molecule has 0 spiro atoms. The molecule has 1 aromatic carbocycles. The SMILES string of the molecule is COc1ccc(NC(N)=NCCCN2CCCCCC2)cc1Cl.I. The van der Waals surface area contributed by atoms with E-state index in [1.807, 2.05) is 6.07 Å². The summed E-state index contributed by atoms with van der Waals surface area (Å²) in [7, 11) is 1.59. The summed E-state index contributed by atoms with van der Waals surface area (Å²) >= 11 is 6.09. The average molecular weight is 467 g/mol. The van der Waals surface area contributed by atoms with E-state index < -0.39 is 0 Å². The van der Waals surface area contributed by atoms with Crippen LogP contribution in [0, 0.1) is 0 Å². The zero-order valence-electron chi connectivity index (χ0n) is 14.3. The molecule has 0 bridgehead atoms. The molecular formula is C17H28ClIN4O. The topological polar surface area (TPSA) is 62.9 Å². The Balaban J connectivity index is 0.00000288. The van der Waals surface area contributed by atoms with Crippen LogP contribution in [0.5, 0.6) is 5.75 Å². The molecule has 0 radical (unpaired) electrons. The van der Waals surface area contributed by atoms with E-state index in [-0.39, 0.29) is 24.0 Å². The second-order valence-corrected chi connectivity index (χ2v) is 6.26. The van der Waals surface area contributed by atoms with Crippen molar-refractivity contribution in [2.75, 3.05) is 38.6 Å². The van der Waals surface area contributed by atoms with Gasteiger partial charge >= 0.3 is 0 Å². The van der Waals surface area contributed by atoms with Gasteiger partial charge in [-0.3, -0.25) is 4.99 Å². The van der Waals surface area contributed by atoms with Gasteiger partial charge in [0.05, 0.1) is 12.1 Å². The molecule has 24 heavy (non-hydrogen) atoms. The minimum atomic E-state index is 0. The van der Waals surface area contributed by atoms with Crippen LogP contribution in [0.15, 0.2) is 23.2 Å². The van der Waals surface area contributed by atoms with E-state index in [9.17, 15) is 0 Å². The van der Waals surface area contributed by atoms with Gasteiger partial charge in [-0.1, -0.05) is 24.4 Å². The average Bonchev–Trinajstić information content (AvgIpc) is 2.80. The first-order valence-electron chi connectivity index (χ1n) is 8.32. The zero-order valence-corrected chi connectivity index (χ0v) is 17.3. The number of nitrogens with one attached hydrogen (secondary N) is 1. The van der Waals surface area contributed by atoms with Crippen LogP contribution >= 0.6 is 35.6 Å². The lowest BCUT2D eigenvalue weighted by Crippen LogP contribution is -2.27. The van der Waals surface area contributed by atoms with Gasteiger partial charge in [0, 0.05) is 12.2 Å². The molecule has 7 heteroatoms. The van der Waals surface area contributed by atoms with Crippen molar-refractivity contribution >= 4 is 47.2 Å². The molecule has 1 saturated heterocycles. The minimum Gasteiger partial charge on any atom is -0.495 e. The lowest BCUT2D eigenvalue weighted by molar-refractivity contribution is 0.283. The van der Waals surface area contributed by atoms with Crippen molar-refractivity contribution in [3.8, 4) is 5.75 Å². The first kappa shape index (κ1) is 21.3. The molecule has 0 aliphatic carbocycles.